The predicted octanol–water partition coefficient (Wildman–Crippen LogP) is 1.03. The Morgan fingerprint density at radius 1 is 1.62 bits per heavy atom. The molecule has 0 bridgehead atoms. The third-order valence-electron chi connectivity index (χ3n) is 1.71. The first-order chi connectivity index (χ1) is 7.72. The number of rotatable bonds is 5. The van der Waals surface area contributed by atoms with E-state index in [0.29, 0.717) is 24.0 Å². The van der Waals surface area contributed by atoms with Crippen LogP contribution in [0.15, 0.2) is 21.7 Å². The number of methoxy groups -OCH3 is 1. The fraction of sp³-hybridized carbons (Fsp3) is 0.400. The Hall–Kier alpha value is -1.40. The Kier molecular flexibility index (Phi) is 5.52. The molecule has 1 aromatic rings. The molecule has 16 heavy (non-hydrogen) atoms. The van der Waals surface area contributed by atoms with Crippen molar-refractivity contribution in [1.29, 1.82) is 0 Å². The van der Waals surface area contributed by atoms with E-state index in [9.17, 15) is 0 Å². The molecule has 2 N–H and O–H groups in total. The molecule has 0 aliphatic carbocycles. The molecule has 0 saturated heterocycles. The third kappa shape index (κ3) is 4.90. The fourth-order valence-electron chi connectivity index (χ4n) is 0.983. The normalized spacial score (nSPS) is 10.6. The molecule has 0 unspecified atom stereocenters. The molecule has 88 valence electrons. The first-order valence-electron chi connectivity index (χ1n) is 4.84. The van der Waals surface area contributed by atoms with Gasteiger partial charge >= 0.3 is 0 Å². The van der Waals surface area contributed by atoms with Crippen molar-refractivity contribution >= 4 is 23.5 Å². The Bertz CT molecular complexity index is 363. The number of ether oxygens (including phenoxy) is 1. The summed E-state index contributed by atoms with van der Waals surface area (Å²) in [6.07, 6.45) is 1.57. The summed E-state index contributed by atoms with van der Waals surface area (Å²) in [5, 5.41) is 7.30. The van der Waals surface area contributed by atoms with Gasteiger partial charge in [0, 0.05) is 13.7 Å². The second-order valence-corrected chi connectivity index (χ2v) is 3.48. The van der Waals surface area contributed by atoms with Crippen LogP contribution >= 0.6 is 12.2 Å². The first kappa shape index (κ1) is 12.7. The minimum absolute atomic E-state index is 0.455. The Morgan fingerprint density at radius 3 is 3.06 bits per heavy atom. The van der Waals surface area contributed by atoms with Gasteiger partial charge in [0.05, 0.1) is 12.8 Å². The smallest absolute Gasteiger partial charge is 0.187 e. The van der Waals surface area contributed by atoms with Crippen molar-refractivity contribution < 1.29 is 9.15 Å². The SMILES string of the molecule is COCCNC(=S)N/N=C\c1ccc(C)o1. The largest absolute Gasteiger partial charge is 0.460 e. The number of hydrogen-bond acceptors (Lipinski definition) is 4. The van der Waals surface area contributed by atoms with Gasteiger partial charge in [-0.3, -0.25) is 5.43 Å². The molecule has 0 radical (unpaired) electrons. The van der Waals surface area contributed by atoms with Gasteiger partial charge in [0.2, 0.25) is 0 Å². The van der Waals surface area contributed by atoms with E-state index in [4.69, 9.17) is 21.4 Å². The average molecular weight is 241 g/mol. The summed E-state index contributed by atoms with van der Waals surface area (Å²) in [7, 11) is 1.63. The maximum absolute atomic E-state index is 5.29. The van der Waals surface area contributed by atoms with Crippen LogP contribution in [-0.4, -0.2) is 31.6 Å². The molecule has 1 aromatic heterocycles. The van der Waals surface area contributed by atoms with Crippen molar-refractivity contribution in [3.8, 4) is 0 Å². The number of aryl methyl sites for hydroxylation is 1. The molecule has 0 spiro atoms. The molecule has 0 atom stereocenters. The van der Waals surface area contributed by atoms with Gasteiger partial charge in [-0.25, -0.2) is 0 Å². The number of furan rings is 1. The molecular weight excluding hydrogens is 226 g/mol. The molecule has 5 nitrogen and oxygen atoms in total. The lowest BCUT2D eigenvalue weighted by molar-refractivity contribution is 0.204. The summed E-state index contributed by atoms with van der Waals surface area (Å²) in [6.45, 7) is 3.13. The summed E-state index contributed by atoms with van der Waals surface area (Å²) in [4.78, 5) is 0. The van der Waals surface area contributed by atoms with Gasteiger partial charge < -0.3 is 14.5 Å². The maximum atomic E-state index is 5.29. The van der Waals surface area contributed by atoms with Crippen molar-refractivity contribution in [1.82, 2.24) is 10.7 Å². The predicted molar refractivity (Wildman–Crippen MR) is 66.7 cm³/mol. The lowest BCUT2D eigenvalue weighted by Gasteiger charge is -2.04. The number of nitrogens with one attached hydrogen (secondary N) is 2. The van der Waals surface area contributed by atoms with E-state index in [-0.39, 0.29) is 0 Å². The maximum Gasteiger partial charge on any atom is 0.187 e. The Morgan fingerprint density at radius 2 is 2.44 bits per heavy atom. The van der Waals surface area contributed by atoms with E-state index in [2.05, 4.69) is 15.8 Å². The number of nitrogens with zero attached hydrogens (tertiary/aromatic N) is 1. The summed E-state index contributed by atoms with van der Waals surface area (Å²) in [5.41, 5.74) is 2.67. The van der Waals surface area contributed by atoms with Crippen molar-refractivity contribution in [3.05, 3.63) is 23.7 Å². The van der Waals surface area contributed by atoms with E-state index in [1.54, 1.807) is 13.3 Å². The van der Waals surface area contributed by atoms with Crippen LogP contribution in [0.2, 0.25) is 0 Å². The topological polar surface area (TPSA) is 58.8 Å². The monoisotopic (exact) mass is 241 g/mol. The first-order valence-corrected chi connectivity index (χ1v) is 5.25. The highest BCUT2D eigenvalue weighted by Crippen LogP contribution is 2.02. The zero-order valence-electron chi connectivity index (χ0n) is 9.32. The average Bonchev–Trinajstić information content (AvgIpc) is 2.65. The van der Waals surface area contributed by atoms with Gasteiger partial charge in [-0.05, 0) is 31.3 Å². The molecule has 0 saturated carbocycles. The Balaban J connectivity index is 2.23. The van der Waals surface area contributed by atoms with Gasteiger partial charge in [-0.1, -0.05) is 0 Å². The lowest BCUT2D eigenvalue weighted by Crippen LogP contribution is -2.34. The molecule has 6 heteroatoms. The van der Waals surface area contributed by atoms with Crippen LogP contribution in [-0.2, 0) is 4.74 Å². The van der Waals surface area contributed by atoms with E-state index in [0.717, 1.165) is 5.76 Å². The zero-order valence-corrected chi connectivity index (χ0v) is 10.1. The minimum Gasteiger partial charge on any atom is -0.460 e. The van der Waals surface area contributed by atoms with E-state index >= 15 is 0 Å². The second kappa shape index (κ2) is 6.97. The van der Waals surface area contributed by atoms with Crippen molar-refractivity contribution in [2.75, 3.05) is 20.3 Å². The van der Waals surface area contributed by atoms with Gasteiger partial charge in [-0.2, -0.15) is 5.10 Å². The summed E-state index contributed by atoms with van der Waals surface area (Å²) >= 11 is 4.97. The highest BCUT2D eigenvalue weighted by molar-refractivity contribution is 7.80. The van der Waals surface area contributed by atoms with Crippen LogP contribution in [0.3, 0.4) is 0 Å². The summed E-state index contributed by atoms with van der Waals surface area (Å²) < 4.78 is 10.2. The summed E-state index contributed by atoms with van der Waals surface area (Å²) in [5.74, 6) is 1.53. The molecule has 1 rings (SSSR count). The van der Waals surface area contributed by atoms with Crippen molar-refractivity contribution in [3.63, 3.8) is 0 Å². The lowest BCUT2D eigenvalue weighted by atomic mass is 10.4. The van der Waals surface area contributed by atoms with Crippen LogP contribution in [0.25, 0.3) is 0 Å². The molecule has 0 aliphatic heterocycles. The number of hydrazone groups is 1. The zero-order chi connectivity index (χ0) is 11.8. The van der Waals surface area contributed by atoms with Crippen LogP contribution < -0.4 is 10.7 Å². The van der Waals surface area contributed by atoms with Crippen LogP contribution in [0.4, 0.5) is 0 Å². The summed E-state index contributed by atoms with van der Waals surface area (Å²) in [6, 6.07) is 3.71. The van der Waals surface area contributed by atoms with Crippen LogP contribution in [0, 0.1) is 6.92 Å². The molecule has 0 amide bonds. The standard InChI is InChI=1S/C10H15N3O2S/c1-8-3-4-9(15-8)7-12-13-10(16)11-5-6-14-2/h3-4,7H,5-6H2,1-2H3,(H2,11,13,16)/b12-7-. The molecule has 0 fully saturated rings. The van der Waals surface area contributed by atoms with E-state index < -0.39 is 0 Å². The molecule has 0 aliphatic rings. The van der Waals surface area contributed by atoms with Gasteiger partial charge in [0.1, 0.15) is 11.5 Å². The van der Waals surface area contributed by atoms with Crippen LogP contribution in [0.1, 0.15) is 11.5 Å². The molecule has 0 aromatic carbocycles. The fourth-order valence-corrected chi connectivity index (χ4v) is 1.14. The number of thiocarbonyl (C=S) groups is 1. The van der Waals surface area contributed by atoms with E-state index in [1.165, 1.54) is 0 Å². The Labute approximate surface area is 99.9 Å². The highest BCUT2D eigenvalue weighted by Gasteiger charge is 1.94. The van der Waals surface area contributed by atoms with Gasteiger partial charge in [0.25, 0.3) is 0 Å². The van der Waals surface area contributed by atoms with E-state index in [1.807, 2.05) is 19.1 Å². The quantitative estimate of drug-likeness (QED) is 0.349. The van der Waals surface area contributed by atoms with Crippen LogP contribution in [0.5, 0.6) is 0 Å². The number of hydrogen-bond donors (Lipinski definition) is 2. The molecular formula is C10H15N3O2S. The third-order valence-corrected chi connectivity index (χ3v) is 1.95. The second-order valence-electron chi connectivity index (χ2n) is 3.07. The highest BCUT2D eigenvalue weighted by atomic mass is 32.1. The van der Waals surface area contributed by atoms with Crippen molar-refractivity contribution in [2.45, 2.75) is 6.92 Å². The minimum atomic E-state index is 0.455. The van der Waals surface area contributed by atoms with Gasteiger partial charge in [-0.15, -0.1) is 0 Å². The van der Waals surface area contributed by atoms with Crippen molar-refractivity contribution in [2.24, 2.45) is 5.10 Å². The van der Waals surface area contributed by atoms with Gasteiger partial charge in [0.15, 0.2) is 5.11 Å². The molecule has 1 heterocycles.